The monoisotopic (exact) mass is 206 g/mol. The van der Waals surface area contributed by atoms with Gasteiger partial charge >= 0.3 is 0 Å². The molecule has 1 saturated carbocycles. The van der Waals surface area contributed by atoms with Crippen LogP contribution in [0, 0.1) is 17.8 Å². The standard InChI is InChI=1S/C10H19FO3/c1-6(2)8-4-7(5-12)9(13)10(8,11)14-3/h6-9,12-13H,4-5H2,1-3H3/t7-,8+,9-,10+/m1/s1. The molecule has 0 heterocycles. The van der Waals surface area contributed by atoms with E-state index in [2.05, 4.69) is 0 Å². The fraction of sp³-hybridized carbons (Fsp3) is 1.00. The van der Waals surface area contributed by atoms with Gasteiger partial charge < -0.3 is 14.9 Å². The van der Waals surface area contributed by atoms with E-state index in [0.29, 0.717) is 6.42 Å². The van der Waals surface area contributed by atoms with Gasteiger partial charge in [0, 0.05) is 25.6 Å². The van der Waals surface area contributed by atoms with Crippen molar-refractivity contribution in [3.63, 3.8) is 0 Å². The summed E-state index contributed by atoms with van der Waals surface area (Å²) in [7, 11) is 1.26. The lowest BCUT2D eigenvalue weighted by molar-refractivity contribution is -0.212. The van der Waals surface area contributed by atoms with Gasteiger partial charge in [0.05, 0.1) is 0 Å². The van der Waals surface area contributed by atoms with Crippen LogP contribution in [0.25, 0.3) is 0 Å². The summed E-state index contributed by atoms with van der Waals surface area (Å²) in [5.74, 6) is -2.67. The third kappa shape index (κ3) is 1.66. The summed E-state index contributed by atoms with van der Waals surface area (Å²) in [4.78, 5) is 0. The summed E-state index contributed by atoms with van der Waals surface area (Å²) >= 11 is 0. The number of alkyl halides is 1. The Labute approximate surface area is 83.9 Å². The van der Waals surface area contributed by atoms with E-state index in [4.69, 9.17) is 9.84 Å². The van der Waals surface area contributed by atoms with Gasteiger partial charge in [0.1, 0.15) is 6.10 Å². The molecule has 1 fully saturated rings. The number of hydrogen-bond donors (Lipinski definition) is 2. The van der Waals surface area contributed by atoms with E-state index in [0.717, 1.165) is 0 Å². The van der Waals surface area contributed by atoms with E-state index in [1.807, 2.05) is 13.8 Å². The predicted octanol–water partition coefficient (Wildman–Crippen LogP) is 0.944. The quantitative estimate of drug-likeness (QED) is 0.722. The van der Waals surface area contributed by atoms with Crippen molar-refractivity contribution in [2.75, 3.05) is 13.7 Å². The number of aliphatic hydroxyl groups is 2. The lowest BCUT2D eigenvalue weighted by atomic mass is 9.90. The SMILES string of the molecule is CO[C@]1(F)[C@H](O)[C@@H](CO)C[C@H]1C(C)C. The van der Waals surface area contributed by atoms with Crippen molar-refractivity contribution >= 4 is 0 Å². The largest absolute Gasteiger partial charge is 0.396 e. The van der Waals surface area contributed by atoms with Crippen LogP contribution in [0.3, 0.4) is 0 Å². The average molecular weight is 206 g/mol. The molecular weight excluding hydrogens is 187 g/mol. The number of methoxy groups -OCH3 is 1. The summed E-state index contributed by atoms with van der Waals surface area (Å²) in [5.41, 5.74) is 0. The molecule has 84 valence electrons. The molecule has 4 heteroatoms. The molecule has 0 spiro atoms. The Hall–Kier alpha value is -0.190. The van der Waals surface area contributed by atoms with Crippen LogP contribution in [-0.2, 0) is 4.74 Å². The number of aliphatic hydroxyl groups excluding tert-OH is 2. The molecule has 0 radical (unpaired) electrons. The normalized spacial score (nSPS) is 43.5. The van der Waals surface area contributed by atoms with Crippen LogP contribution in [0.15, 0.2) is 0 Å². The van der Waals surface area contributed by atoms with Crippen LogP contribution in [0.2, 0.25) is 0 Å². The van der Waals surface area contributed by atoms with Gasteiger partial charge in [-0.1, -0.05) is 13.8 Å². The van der Waals surface area contributed by atoms with E-state index in [-0.39, 0.29) is 18.4 Å². The van der Waals surface area contributed by atoms with Gasteiger partial charge in [-0.25, -0.2) is 4.39 Å². The Morgan fingerprint density at radius 3 is 2.43 bits per heavy atom. The van der Waals surface area contributed by atoms with E-state index in [1.54, 1.807) is 0 Å². The minimum Gasteiger partial charge on any atom is -0.396 e. The molecule has 1 aliphatic carbocycles. The minimum absolute atomic E-state index is 0.0890. The highest BCUT2D eigenvalue weighted by molar-refractivity contribution is 4.98. The molecule has 0 amide bonds. The molecule has 3 nitrogen and oxygen atoms in total. The van der Waals surface area contributed by atoms with Crippen LogP contribution in [0.1, 0.15) is 20.3 Å². The van der Waals surface area contributed by atoms with Crippen molar-refractivity contribution in [1.29, 1.82) is 0 Å². The van der Waals surface area contributed by atoms with Crippen LogP contribution in [-0.4, -0.2) is 35.9 Å². The summed E-state index contributed by atoms with van der Waals surface area (Å²) in [5, 5.41) is 18.6. The van der Waals surface area contributed by atoms with Crippen molar-refractivity contribution in [2.24, 2.45) is 17.8 Å². The Bertz CT molecular complexity index is 198. The summed E-state index contributed by atoms with van der Waals surface area (Å²) in [6, 6.07) is 0. The maximum absolute atomic E-state index is 14.2. The summed E-state index contributed by atoms with van der Waals surface area (Å²) in [6.45, 7) is 3.59. The second-order valence-corrected chi connectivity index (χ2v) is 4.38. The molecule has 0 aromatic rings. The minimum atomic E-state index is -2.00. The Kier molecular flexibility index (Phi) is 3.50. The number of rotatable bonds is 3. The average Bonchev–Trinajstić information content (AvgIpc) is 2.41. The molecule has 1 aliphatic rings. The number of hydrogen-bond acceptors (Lipinski definition) is 3. The van der Waals surface area contributed by atoms with Crippen molar-refractivity contribution in [1.82, 2.24) is 0 Å². The first-order valence-electron chi connectivity index (χ1n) is 5.00. The molecule has 0 unspecified atom stereocenters. The highest BCUT2D eigenvalue weighted by Gasteiger charge is 2.56. The molecule has 4 atom stereocenters. The van der Waals surface area contributed by atoms with Crippen molar-refractivity contribution in [3.8, 4) is 0 Å². The first kappa shape index (κ1) is 11.9. The van der Waals surface area contributed by atoms with Gasteiger partial charge in [-0.3, -0.25) is 0 Å². The lowest BCUT2D eigenvalue weighted by Crippen LogP contribution is -2.44. The van der Waals surface area contributed by atoms with Crippen LogP contribution in [0.5, 0.6) is 0 Å². The first-order valence-corrected chi connectivity index (χ1v) is 5.00. The topological polar surface area (TPSA) is 49.7 Å². The van der Waals surface area contributed by atoms with Crippen LogP contribution in [0.4, 0.5) is 4.39 Å². The first-order chi connectivity index (χ1) is 6.47. The van der Waals surface area contributed by atoms with Gasteiger partial charge in [-0.05, 0) is 12.3 Å². The van der Waals surface area contributed by atoms with Crippen LogP contribution >= 0.6 is 0 Å². The molecule has 0 aromatic heterocycles. The maximum atomic E-state index is 14.2. The van der Waals surface area contributed by atoms with Gasteiger partial charge in [0.2, 0.25) is 5.85 Å². The van der Waals surface area contributed by atoms with Gasteiger partial charge in [-0.2, -0.15) is 0 Å². The molecule has 0 bridgehead atoms. The second-order valence-electron chi connectivity index (χ2n) is 4.38. The zero-order chi connectivity index (χ0) is 10.9. The van der Waals surface area contributed by atoms with Gasteiger partial charge in [0.15, 0.2) is 0 Å². The number of ether oxygens (including phenoxy) is 1. The highest BCUT2D eigenvalue weighted by atomic mass is 19.2. The Morgan fingerprint density at radius 2 is 2.14 bits per heavy atom. The molecule has 0 aliphatic heterocycles. The van der Waals surface area contributed by atoms with Crippen molar-refractivity contribution in [3.05, 3.63) is 0 Å². The third-order valence-electron chi connectivity index (χ3n) is 3.26. The summed E-state index contributed by atoms with van der Waals surface area (Å²) < 4.78 is 19.0. The Morgan fingerprint density at radius 1 is 1.57 bits per heavy atom. The zero-order valence-corrected chi connectivity index (χ0v) is 8.90. The lowest BCUT2D eigenvalue weighted by Gasteiger charge is -2.31. The highest BCUT2D eigenvalue weighted by Crippen LogP contribution is 2.46. The van der Waals surface area contributed by atoms with E-state index in [9.17, 15) is 9.50 Å². The second kappa shape index (κ2) is 4.13. The third-order valence-corrected chi connectivity index (χ3v) is 3.26. The van der Waals surface area contributed by atoms with Crippen molar-refractivity contribution in [2.45, 2.75) is 32.2 Å². The van der Waals surface area contributed by atoms with Gasteiger partial charge in [-0.15, -0.1) is 0 Å². The van der Waals surface area contributed by atoms with Crippen molar-refractivity contribution < 1.29 is 19.3 Å². The fourth-order valence-electron chi connectivity index (χ4n) is 2.33. The smallest absolute Gasteiger partial charge is 0.238 e. The summed E-state index contributed by atoms with van der Waals surface area (Å²) in [6.07, 6.45) is -0.746. The zero-order valence-electron chi connectivity index (χ0n) is 8.90. The van der Waals surface area contributed by atoms with Crippen LogP contribution < -0.4 is 0 Å². The molecular formula is C10H19FO3. The van der Waals surface area contributed by atoms with E-state index in [1.165, 1.54) is 7.11 Å². The van der Waals surface area contributed by atoms with Gasteiger partial charge in [0.25, 0.3) is 0 Å². The predicted molar refractivity (Wildman–Crippen MR) is 50.4 cm³/mol. The maximum Gasteiger partial charge on any atom is 0.238 e. The fourth-order valence-corrected chi connectivity index (χ4v) is 2.33. The molecule has 1 rings (SSSR count). The molecule has 0 aromatic carbocycles. The van der Waals surface area contributed by atoms with E-state index >= 15 is 0 Å². The molecule has 14 heavy (non-hydrogen) atoms. The van der Waals surface area contributed by atoms with E-state index < -0.39 is 17.9 Å². The molecule has 0 saturated heterocycles. The number of halogens is 1. The Balaban J connectivity index is 2.87. The molecule has 2 N–H and O–H groups in total.